The zero-order chi connectivity index (χ0) is 17.6. The Balaban J connectivity index is 1.69. The highest BCUT2D eigenvalue weighted by Gasteiger charge is 2.13. The van der Waals surface area contributed by atoms with Crippen molar-refractivity contribution < 1.29 is 9.53 Å². The van der Waals surface area contributed by atoms with Gasteiger partial charge in [-0.15, -0.1) is 0 Å². The lowest BCUT2D eigenvalue weighted by Gasteiger charge is -2.13. The zero-order valence-electron chi connectivity index (χ0n) is 13.2. The molecule has 128 valence electrons. The molecule has 1 amide bonds. The van der Waals surface area contributed by atoms with Gasteiger partial charge >= 0.3 is 0 Å². The van der Waals surface area contributed by atoms with Crippen molar-refractivity contribution >= 4 is 39.1 Å². The fraction of sp³-hybridized carbons (Fsp3) is 0.111. The quantitative estimate of drug-likeness (QED) is 0.632. The molecular weight excluding hydrogens is 406 g/mol. The van der Waals surface area contributed by atoms with Crippen LogP contribution in [0.1, 0.15) is 10.4 Å². The van der Waals surface area contributed by atoms with Gasteiger partial charge in [0.15, 0.2) is 0 Å². The fourth-order valence-electron chi connectivity index (χ4n) is 2.24. The molecule has 1 N–H and O–H groups in total. The third-order valence-electron chi connectivity index (χ3n) is 3.47. The van der Waals surface area contributed by atoms with E-state index in [-0.39, 0.29) is 5.91 Å². The molecule has 0 aliphatic heterocycles. The highest BCUT2D eigenvalue weighted by molar-refractivity contribution is 9.10. The van der Waals surface area contributed by atoms with E-state index in [1.807, 2.05) is 29.0 Å². The number of carbonyl (C=O) groups excluding carboxylic acids is 1. The highest BCUT2D eigenvalue weighted by Crippen LogP contribution is 2.26. The predicted octanol–water partition coefficient (Wildman–Crippen LogP) is 4.63. The summed E-state index contributed by atoms with van der Waals surface area (Å²) in [5.41, 5.74) is 0.985. The monoisotopic (exact) mass is 419 g/mol. The van der Waals surface area contributed by atoms with E-state index >= 15 is 0 Å². The first-order chi connectivity index (χ1) is 12.1. The van der Waals surface area contributed by atoms with E-state index in [4.69, 9.17) is 16.3 Å². The number of imidazole rings is 1. The average Bonchev–Trinajstić information content (AvgIpc) is 3.12. The van der Waals surface area contributed by atoms with Gasteiger partial charge in [0, 0.05) is 16.9 Å². The van der Waals surface area contributed by atoms with Crippen molar-refractivity contribution in [1.29, 1.82) is 0 Å². The summed E-state index contributed by atoms with van der Waals surface area (Å²) in [5.74, 6) is 0.305. The lowest BCUT2D eigenvalue weighted by Crippen LogP contribution is -2.14. The summed E-state index contributed by atoms with van der Waals surface area (Å²) in [6.07, 6.45) is 5.31. The van der Waals surface area contributed by atoms with Gasteiger partial charge in [-0.3, -0.25) is 4.79 Å². The molecule has 7 heteroatoms. The van der Waals surface area contributed by atoms with Gasteiger partial charge < -0.3 is 14.6 Å². The number of hydrogen-bond acceptors (Lipinski definition) is 3. The van der Waals surface area contributed by atoms with Crippen LogP contribution in [0.25, 0.3) is 0 Å². The minimum absolute atomic E-state index is 0.294. The summed E-state index contributed by atoms with van der Waals surface area (Å²) < 4.78 is 8.50. The van der Waals surface area contributed by atoms with Gasteiger partial charge in [-0.05, 0) is 30.3 Å². The van der Waals surface area contributed by atoms with E-state index in [9.17, 15) is 4.79 Å². The molecule has 0 fully saturated rings. The van der Waals surface area contributed by atoms with E-state index in [2.05, 4.69) is 26.2 Å². The first kappa shape index (κ1) is 17.5. The standard InChI is InChI=1S/C18H15BrClN3O2/c19-13-5-6-15(20)14(11-13)18(24)22-16-3-1-2-4-17(16)25-10-9-23-8-7-21-12-23/h1-8,11-12H,9-10H2,(H,22,24). The molecule has 2 aromatic carbocycles. The Kier molecular flexibility index (Phi) is 5.73. The van der Waals surface area contributed by atoms with Crippen LogP contribution in [0.5, 0.6) is 5.75 Å². The molecule has 1 heterocycles. The molecule has 0 radical (unpaired) electrons. The maximum Gasteiger partial charge on any atom is 0.257 e. The van der Waals surface area contributed by atoms with Gasteiger partial charge in [-0.25, -0.2) is 4.98 Å². The second-order valence-electron chi connectivity index (χ2n) is 5.22. The molecule has 0 aliphatic rings. The van der Waals surface area contributed by atoms with E-state index in [1.165, 1.54) is 0 Å². The SMILES string of the molecule is O=C(Nc1ccccc1OCCn1ccnc1)c1cc(Br)ccc1Cl. The molecule has 0 saturated heterocycles. The number of para-hydroxylation sites is 2. The van der Waals surface area contributed by atoms with Crippen LogP contribution in [-0.4, -0.2) is 22.1 Å². The summed E-state index contributed by atoms with van der Waals surface area (Å²) >= 11 is 9.46. The Bertz CT molecular complexity index is 869. The van der Waals surface area contributed by atoms with E-state index < -0.39 is 0 Å². The number of aromatic nitrogens is 2. The number of rotatable bonds is 6. The number of nitrogens with zero attached hydrogens (tertiary/aromatic N) is 2. The van der Waals surface area contributed by atoms with Crippen LogP contribution in [0.4, 0.5) is 5.69 Å². The van der Waals surface area contributed by atoms with Crippen LogP contribution in [0.2, 0.25) is 5.02 Å². The second kappa shape index (κ2) is 8.18. The topological polar surface area (TPSA) is 56.1 Å². The third kappa shape index (κ3) is 4.61. The van der Waals surface area contributed by atoms with Crippen LogP contribution in [0.15, 0.2) is 65.7 Å². The molecule has 1 aromatic heterocycles. The number of nitrogens with one attached hydrogen (secondary N) is 1. The van der Waals surface area contributed by atoms with Crippen LogP contribution < -0.4 is 10.1 Å². The Morgan fingerprint density at radius 1 is 1.28 bits per heavy atom. The largest absolute Gasteiger partial charge is 0.490 e. The van der Waals surface area contributed by atoms with Gasteiger partial charge in [-0.2, -0.15) is 0 Å². The third-order valence-corrected chi connectivity index (χ3v) is 4.30. The van der Waals surface area contributed by atoms with Gasteiger partial charge in [0.1, 0.15) is 12.4 Å². The first-order valence-electron chi connectivity index (χ1n) is 7.57. The maximum absolute atomic E-state index is 12.5. The normalized spacial score (nSPS) is 10.5. The number of carbonyl (C=O) groups is 1. The molecule has 0 atom stereocenters. The lowest BCUT2D eigenvalue weighted by atomic mass is 10.2. The van der Waals surface area contributed by atoms with Gasteiger partial charge in [0.2, 0.25) is 0 Å². The molecule has 5 nitrogen and oxygen atoms in total. The number of halogens is 2. The summed E-state index contributed by atoms with van der Waals surface area (Å²) in [6, 6.07) is 12.4. The summed E-state index contributed by atoms with van der Waals surface area (Å²) in [6.45, 7) is 1.13. The second-order valence-corrected chi connectivity index (χ2v) is 6.55. The molecule has 3 rings (SSSR count). The van der Waals surface area contributed by atoms with Crippen molar-refractivity contribution in [2.45, 2.75) is 6.54 Å². The number of hydrogen-bond donors (Lipinski definition) is 1. The average molecular weight is 421 g/mol. The first-order valence-corrected chi connectivity index (χ1v) is 8.74. The number of anilines is 1. The summed E-state index contributed by atoms with van der Waals surface area (Å²) in [7, 11) is 0. The van der Waals surface area contributed by atoms with Crippen LogP contribution in [0, 0.1) is 0 Å². The molecule has 0 saturated carbocycles. The molecule has 0 spiro atoms. The molecule has 0 aliphatic carbocycles. The van der Waals surface area contributed by atoms with Crippen molar-refractivity contribution in [3.8, 4) is 5.75 Å². The van der Waals surface area contributed by atoms with Crippen molar-refractivity contribution in [2.75, 3.05) is 11.9 Å². The van der Waals surface area contributed by atoms with E-state index in [1.54, 1.807) is 36.8 Å². The van der Waals surface area contributed by atoms with Crippen molar-refractivity contribution in [3.05, 3.63) is 76.2 Å². The predicted molar refractivity (Wildman–Crippen MR) is 101 cm³/mol. The maximum atomic E-state index is 12.5. The van der Waals surface area contributed by atoms with Crippen molar-refractivity contribution in [2.24, 2.45) is 0 Å². The zero-order valence-corrected chi connectivity index (χ0v) is 15.5. The number of amides is 1. The van der Waals surface area contributed by atoms with Crippen molar-refractivity contribution in [1.82, 2.24) is 9.55 Å². The van der Waals surface area contributed by atoms with Gasteiger partial charge in [0.05, 0.1) is 29.1 Å². The minimum atomic E-state index is -0.294. The number of ether oxygens (including phenoxy) is 1. The Morgan fingerprint density at radius 3 is 2.92 bits per heavy atom. The Labute approximate surface area is 158 Å². The smallest absolute Gasteiger partial charge is 0.257 e. The van der Waals surface area contributed by atoms with Gasteiger partial charge in [-0.1, -0.05) is 39.7 Å². The summed E-state index contributed by atoms with van der Waals surface area (Å²) in [5, 5.41) is 3.24. The van der Waals surface area contributed by atoms with Crippen LogP contribution in [-0.2, 0) is 6.54 Å². The molecule has 3 aromatic rings. The molecule has 0 bridgehead atoms. The molecule has 0 unspecified atom stereocenters. The van der Waals surface area contributed by atoms with Crippen LogP contribution >= 0.6 is 27.5 Å². The molecule has 25 heavy (non-hydrogen) atoms. The van der Waals surface area contributed by atoms with Crippen molar-refractivity contribution in [3.63, 3.8) is 0 Å². The Hall–Kier alpha value is -2.31. The van der Waals surface area contributed by atoms with E-state index in [0.29, 0.717) is 35.2 Å². The van der Waals surface area contributed by atoms with Gasteiger partial charge in [0.25, 0.3) is 5.91 Å². The van der Waals surface area contributed by atoms with Crippen LogP contribution in [0.3, 0.4) is 0 Å². The summed E-state index contributed by atoms with van der Waals surface area (Å²) in [4.78, 5) is 16.5. The Morgan fingerprint density at radius 2 is 2.12 bits per heavy atom. The minimum Gasteiger partial charge on any atom is -0.490 e. The molecular formula is C18H15BrClN3O2. The van der Waals surface area contributed by atoms with E-state index in [0.717, 1.165) is 4.47 Å². The highest BCUT2D eigenvalue weighted by atomic mass is 79.9. The fourth-order valence-corrected chi connectivity index (χ4v) is 2.80. The number of benzene rings is 2. The lowest BCUT2D eigenvalue weighted by molar-refractivity contribution is 0.102.